The minimum Gasteiger partial charge on any atom is -0.480 e. The molecule has 2 aromatic rings. The van der Waals surface area contributed by atoms with Crippen LogP contribution in [0.5, 0.6) is 0 Å². The van der Waals surface area contributed by atoms with Crippen molar-refractivity contribution in [2.75, 3.05) is 0 Å². The molecule has 130 valence electrons. The zero-order valence-corrected chi connectivity index (χ0v) is 14.1. The van der Waals surface area contributed by atoms with Crippen LogP contribution in [0.4, 0.5) is 0 Å². The number of hydrogen-bond acceptors (Lipinski definition) is 3. The van der Waals surface area contributed by atoms with Gasteiger partial charge in [0.2, 0.25) is 5.91 Å². The number of hydrogen-bond donors (Lipinski definition) is 1. The molecule has 0 heterocycles. The number of ketones is 1. The molecule has 25 heavy (non-hydrogen) atoms. The Labute approximate surface area is 146 Å². The average Bonchev–Trinajstić information content (AvgIpc) is 2.64. The van der Waals surface area contributed by atoms with Crippen LogP contribution < -0.4 is 0 Å². The van der Waals surface area contributed by atoms with Gasteiger partial charge in [-0.05, 0) is 12.5 Å². The van der Waals surface area contributed by atoms with Gasteiger partial charge < -0.3 is 10.0 Å². The van der Waals surface area contributed by atoms with Crippen LogP contribution in [0.3, 0.4) is 0 Å². The topological polar surface area (TPSA) is 74.7 Å². The zero-order valence-electron chi connectivity index (χ0n) is 14.1. The molecule has 0 bridgehead atoms. The molecule has 2 rings (SSSR count). The van der Waals surface area contributed by atoms with E-state index in [2.05, 4.69) is 0 Å². The summed E-state index contributed by atoms with van der Waals surface area (Å²) in [5.41, 5.74) is 1.40. The molecule has 0 aliphatic carbocycles. The third-order valence-corrected chi connectivity index (χ3v) is 4.00. The van der Waals surface area contributed by atoms with E-state index < -0.39 is 12.0 Å². The number of Topliss-reactive ketones (excluding diaryl/α,β-unsaturated/α-hetero) is 1. The molecule has 0 spiro atoms. The average molecular weight is 339 g/mol. The number of rotatable bonds is 8. The van der Waals surface area contributed by atoms with E-state index in [1.807, 2.05) is 36.4 Å². The van der Waals surface area contributed by atoms with E-state index in [-0.39, 0.29) is 31.1 Å². The van der Waals surface area contributed by atoms with Gasteiger partial charge in [0.25, 0.3) is 0 Å². The molecule has 5 heteroatoms. The van der Waals surface area contributed by atoms with Crippen LogP contribution in [0, 0.1) is 0 Å². The highest BCUT2D eigenvalue weighted by Gasteiger charge is 2.26. The van der Waals surface area contributed by atoms with Crippen LogP contribution in [-0.4, -0.2) is 33.7 Å². The molecule has 0 radical (unpaired) electrons. The van der Waals surface area contributed by atoms with E-state index in [0.717, 1.165) is 5.56 Å². The predicted molar refractivity (Wildman–Crippen MR) is 94.1 cm³/mol. The van der Waals surface area contributed by atoms with Gasteiger partial charge in [0, 0.05) is 24.9 Å². The lowest BCUT2D eigenvalue weighted by molar-refractivity contribution is -0.150. The first-order valence-electron chi connectivity index (χ1n) is 8.13. The molecule has 0 aliphatic heterocycles. The first-order valence-corrected chi connectivity index (χ1v) is 8.13. The SMILES string of the molecule is CC(C(=O)O)N(Cc1ccccc1)C(=O)CCC(=O)c1ccccc1. The predicted octanol–water partition coefficient (Wildman–Crippen LogP) is 3.15. The number of carbonyl (C=O) groups excluding carboxylic acids is 2. The Morgan fingerprint density at radius 2 is 1.48 bits per heavy atom. The van der Waals surface area contributed by atoms with E-state index >= 15 is 0 Å². The second-order valence-electron chi connectivity index (χ2n) is 5.81. The summed E-state index contributed by atoms with van der Waals surface area (Å²) in [6.45, 7) is 1.68. The summed E-state index contributed by atoms with van der Waals surface area (Å²) in [4.78, 5) is 37.3. The zero-order chi connectivity index (χ0) is 18.2. The fourth-order valence-corrected chi connectivity index (χ4v) is 2.49. The van der Waals surface area contributed by atoms with Crippen LogP contribution in [0.2, 0.25) is 0 Å². The summed E-state index contributed by atoms with van der Waals surface area (Å²) in [6.07, 6.45) is 0.0403. The first kappa shape index (κ1) is 18.4. The van der Waals surface area contributed by atoms with Crippen LogP contribution in [0.1, 0.15) is 35.7 Å². The molecule has 5 nitrogen and oxygen atoms in total. The van der Waals surface area contributed by atoms with E-state index in [9.17, 15) is 19.5 Å². The largest absolute Gasteiger partial charge is 0.480 e. The molecule has 0 aromatic heterocycles. The van der Waals surface area contributed by atoms with E-state index in [4.69, 9.17) is 0 Å². The monoisotopic (exact) mass is 339 g/mol. The molecule has 1 N–H and O–H groups in total. The third kappa shape index (κ3) is 5.28. The summed E-state index contributed by atoms with van der Waals surface area (Å²) in [5.74, 6) is -1.54. The summed E-state index contributed by atoms with van der Waals surface area (Å²) in [7, 11) is 0. The molecule has 2 aromatic carbocycles. The van der Waals surface area contributed by atoms with Gasteiger partial charge in [0.15, 0.2) is 5.78 Å². The maximum Gasteiger partial charge on any atom is 0.326 e. The van der Waals surface area contributed by atoms with Crippen molar-refractivity contribution in [1.82, 2.24) is 4.90 Å². The summed E-state index contributed by atoms with van der Waals surface area (Å²) in [6, 6.07) is 17.0. The molecule has 1 atom stereocenters. The lowest BCUT2D eigenvalue weighted by atomic mass is 10.1. The van der Waals surface area contributed by atoms with Crippen molar-refractivity contribution in [2.45, 2.75) is 32.4 Å². The molecule has 1 amide bonds. The van der Waals surface area contributed by atoms with Crippen LogP contribution in [-0.2, 0) is 16.1 Å². The summed E-state index contributed by atoms with van der Waals surface area (Å²) in [5, 5.41) is 9.27. The first-order chi connectivity index (χ1) is 12.0. The van der Waals surface area contributed by atoms with Crippen molar-refractivity contribution in [3.63, 3.8) is 0 Å². The van der Waals surface area contributed by atoms with Gasteiger partial charge in [-0.2, -0.15) is 0 Å². The van der Waals surface area contributed by atoms with Gasteiger partial charge in [0.1, 0.15) is 6.04 Å². The Bertz CT molecular complexity index is 728. The Balaban J connectivity index is 2.04. The maximum absolute atomic E-state index is 12.5. The molecule has 0 fully saturated rings. The second kappa shape index (κ2) is 8.78. The van der Waals surface area contributed by atoms with E-state index in [1.54, 1.807) is 24.3 Å². The number of nitrogens with zero attached hydrogens (tertiary/aromatic N) is 1. The van der Waals surface area contributed by atoms with E-state index in [1.165, 1.54) is 11.8 Å². The number of carboxylic acids is 1. The Morgan fingerprint density at radius 3 is 2.04 bits per heavy atom. The highest BCUT2D eigenvalue weighted by molar-refractivity contribution is 5.98. The minimum atomic E-state index is -1.07. The normalized spacial score (nSPS) is 11.6. The van der Waals surface area contributed by atoms with Crippen molar-refractivity contribution in [1.29, 1.82) is 0 Å². The van der Waals surface area contributed by atoms with Crippen molar-refractivity contribution in [2.24, 2.45) is 0 Å². The number of benzene rings is 2. The fraction of sp³-hybridized carbons (Fsp3) is 0.250. The Morgan fingerprint density at radius 1 is 0.920 bits per heavy atom. The molecule has 0 aliphatic rings. The summed E-state index contributed by atoms with van der Waals surface area (Å²) < 4.78 is 0. The smallest absolute Gasteiger partial charge is 0.326 e. The van der Waals surface area contributed by atoms with E-state index in [0.29, 0.717) is 5.56 Å². The number of amides is 1. The minimum absolute atomic E-state index is 0.0157. The Hall–Kier alpha value is -2.95. The number of aliphatic carboxylic acids is 1. The van der Waals surface area contributed by atoms with Crippen LogP contribution in [0.25, 0.3) is 0 Å². The van der Waals surface area contributed by atoms with Gasteiger partial charge in [-0.25, -0.2) is 4.79 Å². The number of carboxylic acid groups (broad SMARTS) is 1. The standard InChI is InChI=1S/C20H21NO4/c1-15(20(24)25)21(14-16-8-4-2-5-9-16)19(23)13-12-18(22)17-10-6-3-7-11-17/h2-11,15H,12-14H2,1H3,(H,24,25). The highest BCUT2D eigenvalue weighted by atomic mass is 16.4. The van der Waals surface area contributed by atoms with Gasteiger partial charge in [-0.1, -0.05) is 60.7 Å². The highest BCUT2D eigenvalue weighted by Crippen LogP contribution is 2.13. The van der Waals surface area contributed by atoms with Gasteiger partial charge in [0.05, 0.1) is 0 Å². The lowest BCUT2D eigenvalue weighted by Crippen LogP contribution is -2.42. The van der Waals surface area contributed by atoms with Gasteiger partial charge >= 0.3 is 5.97 Å². The van der Waals surface area contributed by atoms with Crippen molar-refractivity contribution in [3.05, 3.63) is 71.8 Å². The maximum atomic E-state index is 12.5. The van der Waals surface area contributed by atoms with Crippen LogP contribution >= 0.6 is 0 Å². The van der Waals surface area contributed by atoms with Gasteiger partial charge in [-0.3, -0.25) is 9.59 Å². The van der Waals surface area contributed by atoms with Gasteiger partial charge in [-0.15, -0.1) is 0 Å². The van der Waals surface area contributed by atoms with Crippen molar-refractivity contribution < 1.29 is 19.5 Å². The third-order valence-electron chi connectivity index (χ3n) is 4.00. The van der Waals surface area contributed by atoms with Crippen LogP contribution in [0.15, 0.2) is 60.7 Å². The molecular formula is C20H21NO4. The fourth-order valence-electron chi connectivity index (χ4n) is 2.49. The molecule has 0 saturated carbocycles. The van der Waals surface area contributed by atoms with Crippen molar-refractivity contribution in [3.8, 4) is 0 Å². The quantitative estimate of drug-likeness (QED) is 0.750. The summed E-state index contributed by atoms with van der Waals surface area (Å²) >= 11 is 0. The lowest BCUT2D eigenvalue weighted by Gasteiger charge is -2.26. The Kier molecular flexibility index (Phi) is 6.46. The number of carbonyl (C=O) groups is 3. The molecule has 0 saturated heterocycles. The van der Waals surface area contributed by atoms with Crippen molar-refractivity contribution >= 4 is 17.7 Å². The second-order valence-corrected chi connectivity index (χ2v) is 5.81. The molecule has 1 unspecified atom stereocenters. The molecular weight excluding hydrogens is 318 g/mol.